The summed E-state index contributed by atoms with van der Waals surface area (Å²) in [5.41, 5.74) is 7.44. The average Bonchev–Trinajstić information content (AvgIpc) is 3.24. The lowest BCUT2D eigenvalue weighted by molar-refractivity contribution is -0.121. The Hall–Kier alpha value is -5.61. The number of methoxy groups -OCH3 is 1. The minimum Gasteiger partial charge on any atom is -0.508 e. The van der Waals surface area contributed by atoms with Crippen molar-refractivity contribution in [2.24, 2.45) is 17.8 Å². The summed E-state index contributed by atoms with van der Waals surface area (Å²) >= 11 is 0. The van der Waals surface area contributed by atoms with Crippen LogP contribution in [-0.4, -0.2) is 35.8 Å². The normalized spacial score (nSPS) is 20.0. The Bertz CT molecular complexity index is 2330. The zero-order valence-corrected chi connectivity index (χ0v) is 36.5. The molecule has 8 rings (SSSR count). The summed E-state index contributed by atoms with van der Waals surface area (Å²) in [6.45, 7) is 8.04. The van der Waals surface area contributed by atoms with Crippen molar-refractivity contribution in [3.8, 4) is 29.3 Å². The molecule has 4 aromatic rings. The zero-order valence-electron chi connectivity index (χ0n) is 36.5. The molecule has 0 radical (unpaired) electrons. The van der Waals surface area contributed by atoms with E-state index in [2.05, 4.69) is 92.7 Å². The van der Waals surface area contributed by atoms with Crippen molar-refractivity contribution >= 4 is 28.3 Å². The number of phenols is 1. The van der Waals surface area contributed by atoms with Gasteiger partial charge in [-0.25, -0.2) is 0 Å². The predicted octanol–water partition coefficient (Wildman–Crippen LogP) is 12.3. The Morgan fingerprint density at radius 1 is 0.951 bits per heavy atom. The number of allylic oxidation sites excluding steroid dienone is 4. The number of nitrogens with one attached hydrogen (secondary N) is 1. The van der Waals surface area contributed by atoms with Crippen LogP contribution in [0, 0.1) is 29.8 Å². The lowest BCUT2D eigenvalue weighted by Gasteiger charge is -2.28. The van der Waals surface area contributed by atoms with Crippen LogP contribution in [-0.2, 0) is 35.4 Å². The number of carbonyl (C=O) groups excluding carboxylic acids is 1. The molecule has 0 saturated carbocycles. The SMILES string of the molecule is COc1ccc2cc1OCc1ccc3c(c(O)cc4c3c1C=CC4C)CC#COC(CC1C=C(O)C=CC1CCCCc1cccc(NCCCCC(C)C)c1)CC(=O)CC2. The van der Waals surface area contributed by atoms with Crippen LogP contribution in [0.3, 0.4) is 0 Å². The summed E-state index contributed by atoms with van der Waals surface area (Å²) in [6, 6.07) is 20.7. The van der Waals surface area contributed by atoms with Gasteiger partial charge in [0.15, 0.2) is 11.5 Å². The molecule has 320 valence electrons. The van der Waals surface area contributed by atoms with Gasteiger partial charge in [-0.3, -0.25) is 4.79 Å². The highest BCUT2D eigenvalue weighted by Gasteiger charge is 2.27. The Labute approximate surface area is 362 Å². The molecule has 4 aliphatic rings. The number of carbonyl (C=O) groups is 1. The number of aliphatic hydroxyl groups is 1. The van der Waals surface area contributed by atoms with E-state index in [1.165, 1.54) is 30.5 Å². The number of benzene rings is 4. The number of ether oxygens (including phenoxy) is 3. The summed E-state index contributed by atoms with van der Waals surface area (Å²) in [7, 11) is 1.63. The highest BCUT2D eigenvalue weighted by atomic mass is 16.5. The van der Waals surface area contributed by atoms with Gasteiger partial charge >= 0.3 is 0 Å². The van der Waals surface area contributed by atoms with Crippen molar-refractivity contribution in [1.29, 1.82) is 0 Å². The van der Waals surface area contributed by atoms with Gasteiger partial charge in [0, 0.05) is 43.0 Å². The number of unbranched alkanes of at least 4 members (excludes halogenated alkanes) is 2. The number of phenolic OH excluding ortho intramolecular Hbond substituents is 1. The van der Waals surface area contributed by atoms with Crippen LogP contribution in [0.25, 0.3) is 16.8 Å². The van der Waals surface area contributed by atoms with Crippen LogP contribution in [0.5, 0.6) is 17.2 Å². The highest BCUT2D eigenvalue weighted by molar-refractivity contribution is 6.00. The van der Waals surface area contributed by atoms with Crippen LogP contribution in [0.15, 0.2) is 90.7 Å². The monoisotopic (exact) mass is 821 g/mol. The summed E-state index contributed by atoms with van der Waals surface area (Å²) in [5, 5.41) is 27.7. The minimum atomic E-state index is -0.473. The summed E-state index contributed by atoms with van der Waals surface area (Å²) in [4.78, 5) is 13.7. The first-order chi connectivity index (χ1) is 29.6. The number of fused-ring (bicyclic) bond motifs is 9. The molecule has 7 nitrogen and oxygen atoms in total. The fourth-order valence-corrected chi connectivity index (χ4v) is 9.16. The molecule has 0 aromatic heterocycles. The van der Waals surface area contributed by atoms with Crippen LogP contribution in [0.2, 0.25) is 0 Å². The fourth-order valence-electron chi connectivity index (χ4n) is 9.16. The maximum absolute atomic E-state index is 13.7. The Balaban J connectivity index is 1.06. The molecule has 0 spiro atoms. The van der Waals surface area contributed by atoms with Gasteiger partial charge in [0.05, 0.1) is 7.11 Å². The van der Waals surface area contributed by atoms with Crippen LogP contribution in [0.1, 0.15) is 118 Å². The van der Waals surface area contributed by atoms with Crippen LogP contribution < -0.4 is 14.8 Å². The van der Waals surface area contributed by atoms with Gasteiger partial charge in [-0.15, -0.1) is 0 Å². The van der Waals surface area contributed by atoms with E-state index in [-0.39, 0.29) is 47.9 Å². The Kier molecular flexibility index (Phi) is 14.8. The molecular weight excluding hydrogens is 759 g/mol. The number of aromatic hydroxyl groups is 1. The van der Waals surface area contributed by atoms with E-state index in [1.54, 1.807) is 13.2 Å². The first kappa shape index (κ1) is 43.5. The fraction of sp³-hybridized carbons (Fsp3) is 0.426. The predicted molar refractivity (Wildman–Crippen MR) is 247 cm³/mol. The molecule has 0 fully saturated rings. The average molecular weight is 822 g/mol. The molecule has 2 aliphatic carbocycles. The zero-order chi connectivity index (χ0) is 42.7. The molecule has 4 unspecified atom stereocenters. The molecule has 0 amide bonds. The van der Waals surface area contributed by atoms with E-state index in [4.69, 9.17) is 14.2 Å². The second-order valence-corrected chi connectivity index (χ2v) is 17.7. The van der Waals surface area contributed by atoms with E-state index in [9.17, 15) is 15.0 Å². The maximum atomic E-state index is 13.7. The first-order valence-corrected chi connectivity index (χ1v) is 22.5. The quantitative estimate of drug-likeness (QED) is 0.0861. The second kappa shape index (κ2) is 20.8. The van der Waals surface area contributed by atoms with Gasteiger partial charge in [-0.1, -0.05) is 94.5 Å². The standard InChI is InChI=1S/C54H63NO6/c1-36(2)11-7-8-27-55-43-15-9-13-38(29-43)12-5-6-14-40-20-23-44(56)31-42(40)32-46-33-45(57)22-18-39-19-26-52(59-4)53(30-39)61-35-41-21-25-49-48(16-10-28-60-46)51(58)34-50-37(3)17-24-47(41)54(49)50/h9,13,15,17,19-21,23-26,29-31,34,36-37,40,42,46,55-56,58H,5-8,11-12,14,16,18,22,27,32-33,35H2,1-4H3. The van der Waals surface area contributed by atoms with E-state index in [1.807, 2.05) is 30.3 Å². The topological polar surface area (TPSA) is 97.2 Å². The molecule has 4 atom stereocenters. The molecule has 61 heavy (non-hydrogen) atoms. The number of anilines is 1. The summed E-state index contributed by atoms with van der Waals surface area (Å²) in [6.07, 6.45) is 22.4. The lowest BCUT2D eigenvalue weighted by atomic mass is 9.80. The van der Waals surface area contributed by atoms with Gasteiger partial charge in [-0.2, -0.15) is 0 Å². The van der Waals surface area contributed by atoms with Gasteiger partial charge in [0.2, 0.25) is 0 Å². The third kappa shape index (κ3) is 11.4. The molecule has 6 bridgehead atoms. The van der Waals surface area contributed by atoms with E-state index >= 15 is 0 Å². The van der Waals surface area contributed by atoms with Gasteiger partial charge in [0.1, 0.15) is 36.1 Å². The largest absolute Gasteiger partial charge is 0.508 e. The van der Waals surface area contributed by atoms with Gasteiger partial charge in [0.25, 0.3) is 0 Å². The molecule has 3 N–H and O–H groups in total. The third-order valence-electron chi connectivity index (χ3n) is 12.6. The van der Waals surface area contributed by atoms with Crippen LogP contribution >= 0.6 is 0 Å². The number of Topliss-reactive ketones (excluding diaryl/α,β-unsaturated/α-hetero) is 1. The number of aryl methyl sites for hydroxylation is 2. The van der Waals surface area contributed by atoms with E-state index in [0.717, 1.165) is 76.7 Å². The number of hydrogen-bond donors (Lipinski definition) is 3. The van der Waals surface area contributed by atoms with E-state index in [0.29, 0.717) is 37.4 Å². The number of rotatable bonds is 14. The van der Waals surface area contributed by atoms with Crippen LogP contribution in [0.4, 0.5) is 5.69 Å². The van der Waals surface area contributed by atoms with Crippen molar-refractivity contribution in [1.82, 2.24) is 0 Å². The molecule has 2 aliphatic heterocycles. The van der Waals surface area contributed by atoms with Crippen molar-refractivity contribution in [2.75, 3.05) is 19.0 Å². The minimum absolute atomic E-state index is 0.00976. The maximum Gasteiger partial charge on any atom is 0.161 e. The Morgan fingerprint density at radius 2 is 1.84 bits per heavy atom. The van der Waals surface area contributed by atoms with E-state index < -0.39 is 6.10 Å². The van der Waals surface area contributed by atoms with Crippen molar-refractivity contribution in [3.05, 3.63) is 124 Å². The number of hydrogen-bond acceptors (Lipinski definition) is 7. The Morgan fingerprint density at radius 3 is 2.69 bits per heavy atom. The summed E-state index contributed by atoms with van der Waals surface area (Å²) < 4.78 is 18.4. The molecule has 7 heteroatoms. The first-order valence-electron chi connectivity index (χ1n) is 22.5. The molecular formula is C54H63NO6. The molecule has 4 aromatic carbocycles. The number of ketones is 1. The van der Waals surface area contributed by atoms with Crippen molar-refractivity contribution < 1.29 is 29.2 Å². The number of aliphatic hydroxyl groups excluding tert-OH is 1. The van der Waals surface area contributed by atoms with Crippen molar-refractivity contribution in [3.63, 3.8) is 0 Å². The molecule has 0 saturated heterocycles. The third-order valence-corrected chi connectivity index (χ3v) is 12.6. The second-order valence-electron chi connectivity index (χ2n) is 17.7. The lowest BCUT2D eigenvalue weighted by Crippen LogP contribution is -2.24. The van der Waals surface area contributed by atoms with Gasteiger partial charge < -0.3 is 29.7 Å². The highest BCUT2D eigenvalue weighted by Crippen LogP contribution is 2.42. The van der Waals surface area contributed by atoms with Crippen molar-refractivity contribution in [2.45, 2.75) is 116 Å². The smallest absolute Gasteiger partial charge is 0.161 e. The van der Waals surface area contributed by atoms with Gasteiger partial charge in [-0.05, 0) is 137 Å². The summed E-state index contributed by atoms with van der Waals surface area (Å²) in [5.74, 6) is 6.07. The molecule has 2 heterocycles.